The highest BCUT2D eigenvalue weighted by Crippen LogP contribution is 2.55. The van der Waals surface area contributed by atoms with Crippen LogP contribution in [0, 0.1) is 17.8 Å². The summed E-state index contributed by atoms with van der Waals surface area (Å²) in [6.45, 7) is 0. The molecule has 0 aromatic rings. The fourth-order valence-electron chi connectivity index (χ4n) is 2.88. The second-order valence-electron chi connectivity index (χ2n) is 3.85. The van der Waals surface area contributed by atoms with Crippen LogP contribution >= 0.6 is 0 Å². The molecule has 3 aliphatic rings. The van der Waals surface area contributed by atoms with Gasteiger partial charge in [0.1, 0.15) is 12.3 Å². The molecule has 0 N–H and O–H groups in total. The van der Waals surface area contributed by atoms with Crippen LogP contribution in [-0.2, 0) is 9.53 Å². The van der Waals surface area contributed by atoms with Crippen molar-refractivity contribution < 1.29 is 13.9 Å². The van der Waals surface area contributed by atoms with Gasteiger partial charge in [-0.25, -0.2) is 4.39 Å². The number of halogens is 1. The van der Waals surface area contributed by atoms with Gasteiger partial charge in [0.2, 0.25) is 0 Å². The lowest BCUT2D eigenvalue weighted by Gasteiger charge is -2.17. The third kappa shape index (κ3) is 0.522. The summed E-state index contributed by atoms with van der Waals surface area (Å²) in [6.07, 6.45) is 0.387. The van der Waals surface area contributed by atoms with Crippen LogP contribution < -0.4 is 0 Å². The van der Waals surface area contributed by atoms with Gasteiger partial charge < -0.3 is 4.74 Å². The summed E-state index contributed by atoms with van der Waals surface area (Å²) < 4.78 is 18.1. The molecule has 0 unspecified atom stereocenters. The van der Waals surface area contributed by atoms with Crippen molar-refractivity contribution in [2.24, 2.45) is 17.8 Å². The number of alkyl halides is 1. The molecule has 3 heteroatoms. The van der Waals surface area contributed by atoms with Crippen molar-refractivity contribution in [3.8, 4) is 0 Å². The molecule has 3 fully saturated rings. The van der Waals surface area contributed by atoms with Gasteiger partial charge in [0.05, 0.1) is 5.92 Å². The summed E-state index contributed by atoms with van der Waals surface area (Å²) in [6, 6.07) is 0. The Labute approximate surface area is 63.7 Å². The molecule has 1 heterocycles. The van der Waals surface area contributed by atoms with Crippen LogP contribution in [0.1, 0.15) is 12.8 Å². The van der Waals surface area contributed by atoms with Crippen LogP contribution in [0.5, 0.6) is 0 Å². The monoisotopic (exact) mass is 156 g/mol. The summed E-state index contributed by atoms with van der Waals surface area (Å²) in [5.41, 5.74) is 0. The maximum atomic E-state index is 13.2. The van der Waals surface area contributed by atoms with Crippen molar-refractivity contribution >= 4 is 5.97 Å². The number of carbonyl (C=O) groups is 1. The van der Waals surface area contributed by atoms with E-state index in [1.54, 1.807) is 0 Å². The molecule has 11 heavy (non-hydrogen) atoms. The van der Waals surface area contributed by atoms with Crippen molar-refractivity contribution in [2.45, 2.75) is 25.1 Å². The Bertz CT molecular complexity index is 228. The Balaban J connectivity index is 2.04. The normalized spacial score (nSPS) is 58.6. The number of rotatable bonds is 0. The fraction of sp³-hybridized carbons (Fsp3) is 0.875. The molecule has 3 rings (SSSR count). The second-order valence-corrected chi connectivity index (χ2v) is 3.85. The van der Waals surface area contributed by atoms with Crippen LogP contribution in [0.4, 0.5) is 4.39 Å². The Morgan fingerprint density at radius 1 is 1.45 bits per heavy atom. The third-order valence-electron chi connectivity index (χ3n) is 3.39. The highest BCUT2D eigenvalue weighted by molar-refractivity contribution is 5.76. The average Bonchev–Trinajstić information content (AvgIpc) is 2.53. The van der Waals surface area contributed by atoms with Crippen LogP contribution in [0.2, 0.25) is 0 Å². The SMILES string of the molecule is O=C1O[C@@H]2[C@@H](F)[C@H]3C[C@@H]2[C@H]1C3. The Morgan fingerprint density at radius 3 is 2.91 bits per heavy atom. The van der Waals surface area contributed by atoms with E-state index < -0.39 is 6.17 Å². The summed E-state index contributed by atoms with van der Waals surface area (Å²) >= 11 is 0. The first-order valence-electron chi connectivity index (χ1n) is 4.12. The predicted molar refractivity (Wildman–Crippen MR) is 34.5 cm³/mol. The molecule has 0 radical (unpaired) electrons. The summed E-state index contributed by atoms with van der Waals surface area (Å²) in [5.74, 6) is 0.253. The van der Waals surface area contributed by atoms with E-state index in [2.05, 4.69) is 0 Å². The molecule has 2 nitrogen and oxygen atoms in total. The molecule has 1 aliphatic heterocycles. The van der Waals surface area contributed by atoms with Crippen molar-refractivity contribution in [2.75, 3.05) is 0 Å². The van der Waals surface area contributed by atoms with E-state index >= 15 is 0 Å². The summed E-state index contributed by atoms with van der Waals surface area (Å²) in [4.78, 5) is 11.0. The van der Waals surface area contributed by atoms with Gasteiger partial charge in [-0.05, 0) is 18.8 Å². The zero-order valence-corrected chi connectivity index (χ0v) is 6.00. The zero-order chi connectivity index (χ0) is 7.59. The van der Waals surface area contributed by atoms with Gasteiger partial charge >= 0.3 is 5.97 Å². The number of hydrogen-bond donors (Lipinski definition) is 0. The molecule has 0 aromatic carbocycles. The quantitative estimate of drug-likeness (QED) is 0.487. The molecule has 2 saturated carbocycles. The van der Waals surface area contributed by atoms with Gasteiger partial charge in [0.15, 0.2) is 0 Å². The summed E-state index contributed by atoms with van der Waals surface area (Å²) in [7, 11) is 0. The Hall–Kier alpha value is -0.600. The lowest BCUT2D eigenvalue weighted by Crippen LogP contribution is -2.27. The van der Waals surface area contributed by atoms with E-state index in [4.69, 9.17) is 4.74 Å². The van der Waals surface area contributed by atoms with Crippen LogP contribution in [0.25, 0.3) is 0 Å². The molecule has 60 valence electrons. The lowest BCUT2D eigenvalue weighted by atomic mass is 9.89. The van der Waals surface area contributed by atoms with Gasteiger partial charge in [-0.3, -0.25) is 4.79 Å². The molecular weight excluding hydrogens is 147 g/mol. The van der Waals surface area contributed by atoms with Gasteiger partial charge in [0, 0.05) is 5.92 Å². The second kappa shape index (κ2) is 1.59. The molecule has 2 aliphatic carbocycles. The Morgan fingerprint density at radius 2 is 2.27 bits per heavy atom. The van der Waals surface area contributed by atoms with E-state index in [0.717, 1.165) is 12.8 Å². The minimum Gasteiger partial charge on any atom is -0.459 e. The first kappa shape index (κ1) is 5.98. The van der Waals surface area contributed by atoms with Crippen LogP contribution in [0.15, 0.2) is 0 Å². The fourth-order valence-corrected chi connectivity index (χ4v) is 2.88. The largest absolute Gasteiger partial charge is 0.459 e. The predicted octanol–water partition coefficient (Wildman–Crippen LogP) is 0.906. The molecule has 0 aromatic heterocycles. The molecule has 0 amide bonds. The number of carbonyl (C=O) groups excluding carboxylic acids is 1. The average molecular weight is 156 g/mol. The maximum absolute atomic E-state index is 13.2. The highest BCUT2D eigenvalue weighted by Gasteiger charge is 2.62. The molecule has 1 saturated heterocycles. The Kier molecular flexibility index (Phi) is 0.866. The van der Waals surface area contributed by atoms with Crippen LogP contribution in [0.3, 0.4) is 0 Å². The lowest BCUT2D eigenvalue weighted by molar-refractivity contribution is -0.144. The van der Waals surface area contributed by atoms with Crippen molar-refractivity contribution in [1.29, 1.82) is 0 Å². The van der Waals surface area contributed by atoms with E-state index in [9.17, 15) is 9.18 Å². The van der Waals surface area contributed by atoms with Crippen molar-refractivity contribution in [1.82, 2.24) is 0 Å². The van der Waals surface area contributed by atoms with E-state index in [1.165, 1.54) is 0 Å². The molecule has 5 atom stereocenters. The minimum atomic E-state index is -0.859. The van der Waals surface area contributed by atoms with E-state index in [-0.39, 0.29) is 29.8 Å². The summed E-state index contributed by atoms with van der Waals surface area (Å²) in [5, 5.41) is 0. The third-order valence-corrected chi connectivity index (χ3v) is 3.39. The van der Waals surface area contributed by atoms with Crippen molar-refractivity contribution in [3.63, 3.8) is 0 Å². The number of esters is 1. The van der Waals surface area contributed by atoms with Gasteiger partial charge in [-0.1, -0.05) is 0 Å². The van der Waals surface area contributed by atoms with Crippen molar-refractivity contribution in [3.05, 3.63) is 0 Å². The highest BCUT2D eigenvalue weighted by atomic mass is 19.1. The first-order valence-corrected chi connectivity index (χ1v) is 4.12. The van der Waals surface area contributed by atoms with Crippen LogP contribution in [-0.4, -0.2) is 18.2 Å². The molecule has 2 bridgehead atoms. The smallest absolute Gasteiger partial charge is 0.309 e. The number of hydrogen-bond acceptors (Lipinski definition) is 2. The standard InChI is InChI=1S/C8H9FO2/c9-6-3-1-4-5(2-3)8(10)11-7(4)6/h3-7H,1-2H2/t3-,4+,5+,6-,7-/m0/s1. The molecule has 0 spiro atoms. The van der Waals surface area contributed by atoms with Gasteiger partial charge in [-0.2, -0.15) is 0 Å². The first-order chi connectivity index (χ1) is 5.27. The van der Waals surface area contributed by atoms with E-state index in [0.29, 0.717) is 0 Å². The minimum absolute atomic E-state index is 0.0528. The maximum Gasteiger partial charge on any atom is 0.309 e. The zero-order valence-electron chi connectivity index (χ0n) is 6.00. The molecular formula is C8H9FO2. The topological polar surface area (TPSA) is 26.3 Å². The number of fused-ring (bicyclic) bond motifs is 1. The van der Waals surface area contributed by atoms with Gasteiger partial charge in [0.25, 0.3) is 0 Å². The van der Waals surface area contributed by atoms with Gasteiger partial charge in [-0.15, -0.1) is 0 Å². The van der Waals surface area contributed by atoms with E-state index in [1.807, 2.05) is 0 Å². The number of ether oxygens (including phenoxy) is 1.